The molecule has 12 heteroatoms. The third-order valence-electron chi connectivity index (χ3n) is 16.2. The Balaban J connectivity index is 1.36. The standard InChI is InChI=1S/C40H66O12/c1-20(16-24(43)33(47)36(6,7)48)23-10-15-40-19-39(23,40)14-11-26-37(8)13-12-28(50-22(3)42)35(4,5)27(37)17-29(38(26,40)9)52-34-32(46)31(45)30(44)25(51-34)18-49-21(2)41/h20,23-34,43-48H,10-19H2,1-9H3/t20-,23?,24-,25?,26?,27?,28?,29?,30?,31?,32?,33?,34?,37+,38-,39?,40?/m0/s1. The number of carbonyl (C=O) groups excluding carboxylic acids is 2. The largest absolute Gasteiger partial charge is 0.463 e. The van der Waals surface area contributed by atoms with Crippen LogP contribution >= 0.6 is 0 Å². The zero-order chi connectivity index (χ0) is 38.6. The van der Waals surface area contributed by atoms with Crippen molar-refractivity contribution in [3.05, 3.63) is 0 Å². The molecule has 5 saturated carbocycles. The molecule has 6 fully saturated rings. The van der Waals surface area contributed by atoms with Crippen molar-refractivity contribution in [2.75, 3.05) is 6.61 Å². The third-order valence-corrected chi connectivity index (χ3v) is 16.2. The van der Waals surface area contributed by atoms with Gasteiger partial charge in [0.1, 0.15) is 43.2 Å². The Kier molecular flexibility index (Phi) is 10.4. The Morgan fingerprint density at radius 1 is 0.885 bits per heavy atom. The zero-order valence-corrected chi connectivity index (χ0v) is 32.7. The van der Waals surface area contributed by atoms with Crippen molar-refractivity contribution in [1.29, 1.82) is 0 Å². The van der Waals surface area contributed by atoms with Crippen molar-refractivity contribution in [2.24, 2.45) is 50.7 Å². The summed E-state index contributed by atoms with van der Waals surface area (Å²) in [6, 6.07) is 0. The van der Waals surface area contributed by atoms with Crippen LogP contribution in [0.3, 0.4) is 0 Å². The summed E-state index contributed by atoms with van der Waals surface area (Å²) in [6.07, 6.45) is -2.40. The van der Waals surface area contributed by atoms with Crippen LogP contribution in [0, 0.1) is 50.7 Å². The van der Waals surface area contributed by atoms with Gasteiger partial charge in [0.2, 0.25) is 0 Å². The molecule has 298 valence electrons. The lowest BCUT2D eigenvalue weighted by Crippen LogP contribution is -2.68. The van der Waals surface area contributed by atoms with Crippen LogP contribution in [0.25, 0.3) is 0 Å². The predicted molar refractivity (Wildman–Crippen MR) is 188 cm³/mol. The number of ether oxygens (including phenoxy) is 4. The molecule has 0 aromatic carbocycles. The quantitative estimate of drug-likeness (QED) is 0.142. The number of hydrogen-bond acceptors (Lipinski definition) is 12. The Morgan fingerprint density at radius 3 is 2.17 bits per heavy atom. The van der Waals surface area contributed by atoms with Gasteiger partial charge in [0.05, 0.1) is 17.8 Å². The summed E-state index contributed by atoms with van der Waals surface area (Å²) in [5.74, 6) is -0.142. The van der Waals surface area contributed by atoms with Gasteiger partial charge in [0, 0.05) is 24.7 Å². The summed E-state index contributed by atoms with van der Waals surface area (Å²) in [7, 11) is 0. The molecule has 12 nitrogen and oxygen atoms in total. The predicted octanol–water partition coefficient (Wildman–Crippen LogP) is 3.24. The van der Waals surface area contributed by atoms with Crippen molar-refractivity contribution in [3.63, 3.8) is 0 Å². The van der Waals surface area contributed by atoms with Gasteiger partial charge in [-0.2, -0.15) is 0 Å². The highest BCUT2D eigenvalue weighted by Gasteiger charge is 2.85. The van der Waals surface area contributed by atoms with E-state index in [9.17, 15) is 40.2 Å². The molecule has 0 bridgehead atoms. The van der Waals surface area contributed by atoms with E-state index in [1.54, 1.807) is 0 Å². The van der Waals surface area contributed by atoms with E-state index in [-0.39, 0.29) is 63.5 Å². The van der Waals surface area contributed by atoms with E-state index in [0.717, 1.165) is 44.9 Å². The Morgan fingerprint density at radius 2 is 1.56 bits per heavy atom. The molecule has 0 radical (unpaired) electrons. The van der Waals surface area contributed by atoms with E-state index in [4.69, 9.17) is 18.9 Å². The first-order chi connectivity index (χ1) is 24.0. The van der Waals surface area contributed by atoms with Crippen LogP contribution in [-0.2, 0) is 28.5 Å². The molecule has 1 aliphatic heterocycles. The van der Waals surface area contributed by atoms with E-state index in [0.29, 0.717) is 18.8 Å². The maximum Gasteiger partial charge on any atom is 0.302 e. The van der Waals surface area contributed by atoms with Gasteiger partial charge in [-0.1, -0.05) is 34.6 Å². The molecule has 6 rings (SSSR count). The highest BCUT2D eigenvalue weighted by Crippen LogP contribution is 2.91. The highest BCUT2D eigenvalue weighted by molar-refractivity contribution is 5.66. The lowest BCUT2D eigenvalue weighted by atomic mass is 9.37. The molecule has 0 aromatic heterocycles. The fourth-order valence-corrected chi connectivity index (χ4v) is 13.7. The lowest BCUT2D eigenvalue weighted by Gasteiger charge is -2.69. The van der Waals surface area contributed by atoms with E-state index in [1.807, 2.05) is 0 Å². The van der Waals surface area contributed by atoms with Crippen LogP contribution < -0.4 is 0 Å². The second kappa shape index (κ2) is 13.4. The molecule has 6 aliphatic rings. The minimum absolute atomic E-state index is 0.00590. The van der Waals surface area contributed by atoms with Crippen LogP contribution in [0.2, 0.25) is 0 Å². The lowest BCUT2D eigenvalue weighted by molar-refractivity contribution is -0.344. The van der Waals surface area contributed by atoms with Gasteiger partial charge in [-0.25, -0.2) is 0 Å². The molecule has 52 heavy (non-hydrogen) atoms. The topological polar surface area (TPSA) is 192 Å². The molecule has 0 aromatic rings. The number of esters is 2. The number of fused-ring (bicyclic) bond motifs is 3. The number of hydrogen-bond donors (Lipinski definition) is 6. The molecular formula is C40H66O12. The molecule has 1 saturated heterocycles. The number of rotatable bonds is 10. The van der Waals surface area contributed by atoms with E-state index in [2.05, 4.69) is 34.6 Å². The van der Waals surface area contributed by atoms with Crippen molar-refractivity contribution < 1.29 is 59.2 Å². The molecular weight excluding hydrogens is 672 g/mol. The summed E-state index contributed by atoms with van der Waals surface area (Å²) in [5, 5.41) is 65.2. The summed E-state index contributed by atoms with van der Waals surface area (Å²) in [5.41, 5.74) is -2.38. The molecule has 0 amide bonds. The maximum absolute atomic E-state index is 12.3. The average molecular weight is 739 g/mol. The number of carbonyl (C=O) groups is 2. The fourth-order valence-electron chi connectivity index (χ4n) is 13.7. The van der Waals surface area contributed by atoms with Gasteiger partial charge >= 0.3 is 11.9 Å². The Hall–Kier alpha value is -1.38. The SMILES string of the molecule is CC(=O)OCC1OC(OC2CC3C(C)(C)C(OC(C)=O)CC[C@]3(C)C3CCC45CC4(CCC5[C@@H](C)C[C@H](O)C(O)C(C)(C)O)[C@]23C)C(O)C(O)C1O. The van der Waals surface area contributed by atoms with Crippen LogP contribution in [0.1, 0.15) is 120 Å². The van der Waals surface area contributed by atoms with E-state index >= 15 is 0 Å². The van der Waals surface area contributed by atoms with Gasteiger partial charge in [0.25, 0.3) is 0 Å². The van der Waals surface area contributed by atoms with Crippen LogP contribution in [0.4, 0.5) is 0 Å². The van der Waals surface area contributed by atoms with Crippen molar-refractivity contribution in [3.8, 4) is 0 Å². The molecule has 5 aliphatic carbocycles. The molecule has 1 heterocycles. The third kappa shape index (κ3) is 5.99. The Labute approximate surface area is 308 Å². The first-order valence-electron chi connectivity index (χ1n) is 19.7. The second-order valence-electron chi connectivity index (χ2n) is 19.5. The summed E-state index contributed by atoms with van der Waals surface area (Å²) < 4.78 is 24.3. The maximum atomic E-state index is 12.3. The number of aliphatic hydroxyl groups excluding tert-OH is 5. The van der Waals surface area contributed by atoms with Crippen LogP contribution in [0.5, 0.6) is 0 Å². The summed E-state index contributed by atoms with van der Waals surface area (Å²) in [6.45, 7) is 16.7. The second-order valence-corrected chi connectivity index (χ2v) is 19.5. The minimum atomic E-state index is -1.58. The van der Waals surface area contributed by atoms with Crippen LogP contribution in [-0.4, -0.2) is 110 Å². The Bertz CT molecular complexity index is 1360. The van der Waals surface area contributed by atoms with Gasteiger partial charge in [0.15, 0.2) is 6.29 Å². The van der Waals surface area contributed by atoms with Crippen molar-refractivity contribution in [1.82, 2.24) is 0 Å². The summed E-state index contributed by atoms with van der Waals surface area (Å²) >= 11 is 0. The number of aliphatic hydroxyl groups is 6. The van der Waals surface area contributed by atoms with Crippen molar-refractivity contribution in [2.45, 2.75) is 181 Å². The highest BCUT2D eigenvalue weighted by atomic mass is 16.7. The first kappa shape index (κ1) is 40.3. The normalized spacial score (nSPS) is 48.2. The monoisotopic (exact) mass is 738 g/mol. The molecule has 0 spiro atoms. The van der Waals surface area contributed by atoms with Crippen molar-refractivity contribution >= 4 is 11.9 Å². The van der Waals surface area contributed by atoms with Gasteiger partial charge in [-0.05, 0) is 112 Å². The fraction of sp³-hybridized carbons (Fsp3) is 0.950. The van der Waals surface area contributed by atoms with Gasteiger partial charge in [-0.15, -0.1) is 0 Å². The summed E-state index contributed by atoms with van der Waals surface area (Å²) in [4.78, 5) is 23.9. The van der Waals surface area contributed by atoms with E-state index in [1.165, 1.54) is 27.7 Å². The minimum Gasteiger partial charge on any atom is -0.463 e. The van der Waals surface area contributed by atoms with E-state index < -0.39 is 60.6 Å². The molecule has 17 atom stereocenters. The molecule has 13 unspecified atom stereocenters. The molecule has 6 N–H and O–H groups in total. The van der Waals surface area contributed by atoms with Gasteiger partial charge in [-0.3, -0.25) is 9.59 Å². The average Bonchev–Trinajstić information content (AvgIpc) is 3.61. The zero-order valence-electron chi connectivity index (χ0n) is 32.7. The van der Waals surface area contributed by atoms with Crippen LogP contribution in [0.15, 0.2) is 0 Å². The first-order valence-corrected chi connectivity index (χ1v) is 19.7. The smallest absolute Gasteiger partial charge is 0.302 e. The van der Waals surface area contributed by atoms with Gasteiger partial charge < -0.3 is 49.6 Å².